The Labute approximate surface area is 78.9 Å². The maximum Gasteiger partial charge on any atom is 0.304 e. The molecule has 0 atom stereocenters. The average Bonchev–Trinajstić information content (AvgIpc) is 2.55. The first-order valence-corrected chi connectivity index (χ1v) is 3.89. The number of aromatic hydroxyl groups is 1. The van der Waals surface area contributed by atoms with Gasteiger partial charge in [-0.2, -0.15) is 0 Å². The van der Waals surface area contributed by atoms with Crippen molar-refractivity contribution in [1.82, 2.24) is 0 Å². The first-order chi connectivity index (χ1) is 6.76. The van der Waals surface area contributed by atoms with Gasteiger partial charge in [0.15, 0.2) is 5.75 Å². The Morgan fingerprint density at radius 2 is 2.29 bits per heavy atom. The number of nitrogens with zero attached hydrogens (tertiary/aromatic N) is 1. The molecule has 0 amide bonds. The van der Waals surface area contributed by atoms with Crippen molar-refractivity contribution < 1.29 is 14.3 Å². The van der Waals surface area contributed by atoms with Crippen LogP contribution >= 0.6 is 0 Å². The summed E-state index contributed by atoms with van der Waals surface area (Å²) in [6.45, 7) is 0. The van der Waals surface area contributed by atoms with E-state index in [0.717, 1.165) is 0 Å². The smallest absolute Gasteiger partial charge is 0.304 e. The zero-order valence-corrected chi connectivity index (χ0v) is 7.35. The van der Waals surface area contributed by atoms with E-state index < -0.39 is 0 Å². The van der Waals surface area contributed by atoms with Crippen LogP contribution in [-0.4, -0.2) is 12.2 Å². The number of ether oxygens (including phenoxy) is 1. The minimum absolute atomic E-state index is 0.238. The van der Waals surface area contributed by atoms with Gasteiger partial charge < -0.3 is 14.3 Å². The molecular formula is C9H7NO4. The van der Waals surface area contributed by atoms with Crippen LogP contribution in [-0.2, 0) is 0 Å². The largest absolute Gasteiger partial charge is 0.502 e. The van der Waals surface area contributed by atoms with Crippen LogP contribution in [0.1, 0.15) is 0 Å². The minimum Gasteiger partial charge on any atom is -0.502 e. The molecule has 0 aliphatic heterocycles. The van der Waals surface area contributed by atoms with E-state index in [1.807, 2.05) is 0 Å². The molecule has 0 unspecified atom stereocenters. The van der Waals surface area contributed by atoms with E-state index >= 15 is 0 Å². The van der Waals surface area contributed by atoms with Gasteiger partial charge in [0.1, 0.15) is 11.3 Å². The van der Waals surface area contributed by atoms with Crippen LogP contribution < -0.4 is 4.74 Å². The van der Waals surface area contributed by atoms with E-state index in [9.17, 15) is 10.0 Å². The van der Waals surface area contributed by atoms with E-state index in [2.05, 4.69) is 5.18 Å². The summed E-state index contributed by atoms with van der Waals surface area (Å²) in [6, 6.07) is 4.83. The molecule has 1 aromatic carbocycles. The molecule has 1 N–H and O–H groups in total. The van der Waals surface area contributed by atoms with Gasteiger partial charge in [0, 0.05) is 11.2 Å². The topological polar surface area (TPSA) is 72.0 Å². The number of hydrogen-bond acceptors (Lipinski definition) is 5. The van der Waals surface area contributed by atoms with Gasteiger partial charge in [-0.1, -0.05) is 0 Å². The summed E-state index contributed by atoms with van der Waals surface area (Å²) >= 11 is 0. The molecule has 0 aliphatic rings. The monoisotopic (exact) mass is 193 g/mol. The molecule has 0 fully saturated rings. The van der Waals surface area contributed by atoms with Gasteiger partial charge in [0.25, 0.3) is 0 Å². The Bertz CT molecular complexity index is 489. The molecule has 2 aromatic rings. The van der Waals surface area contributed by atoms with Crippen LogP contribution in [0.3, 0.4) is 0 Å². The highest BCUT2D eigenvalue weighted by Crippen LogP contribution is 2.39. The van der Waals surface area contributed by atoms with E-state index in [-0.39, 0.29) is 11.6 Å². The lowest BCUT2D eigenvalue weighted by atomic mass is 10.2. The third-order valence-corrected chi connectivity index (χ3v) is 1.94. The van der Waals surface area contributed by atoms with Crippen molar-refractivity contribution in [1.29, 1.82) is 0 Å². The maximum absolute atomic E-state index is 10.2. The van der Waals surface area contributed by atoms with Crippen LogP contribution in [0.2, 0.25) is 0 Å². The van der Waals surface area contributed by atoms with Crippen molar-refractivity contribution in [3.63, 3.8) is 0 Å². The molecule has 1 aromatic heterocycles. The van der Waals surface area contributed by atoms with Gasteiger partial charge in [0.2, 0.25) is 0 Å². The van der Waals surface area contributed by atoms with Crippen molar-refractivity contribution in [2.75, 3.05) is 7.11 Å². The third-order valence-electron chi connectivity index (χ3n) is 1.94. The highest BCUT2D eigenvalue weighted by atomic mass is 16.5. The molecule has 0 aliphatic carbocycles. The Kier molecular flexibility index (Phi) is 1.85. The Morgan fingerprint density at radius 3 is 2.93 bits per heavy atom. The predicted molar refractivity (Wildman–Crippen MR) is 49.9 cm³/mol. The molecular weight excluding hydrogens is 186 g/mol. The lowest BCUT2D eigenvalue weighted by Crippen LogP contribution is -1.80. The van der Waals surface area contributed by atoms with Gasteiger partial charge >= 0.3 is 5.88 Å². The fraction of sp³-hybridized carbons (Fsp3) is 0.111. The lowest BCUT2D eigenvalue weighted by Gasteiger charge is -1.96. The summed E-state index contributed by atoms with van der Waals surface area (Å²) in [5.74, 6) is 0.0367. The molecule has 0 spiro atoms. The molecule has 0 saturated carbocycles. The number of furan rings is 1. The van der Waals surface area contributed by atoms with Crippen LogP contribution in [0.5, 0.6) is 11.5 Å². The number of methoxy groups -OCH3 is 1. The van der Waals surface area contributed by atoms with Gasteiger partial charge in [0.05, 0.1) is 12.5 Å². The van der Waals surface area contributed by atoms with Crippen LogP contribution in [0.4, 0.5) is 5.88 Å². The molecule has 5 heteroatoms. The number of fused-ring (bicyclic) bond motifs is 1. The van der Waals surface area contributed by atoms with Crippen molar-refractivity contribution in [3.05, 3.63) is 23.1 Å². The molecule has 0 saturated heterocycles. The summed E-state index contributed by atoms with van der Waals surface area (Å²) in [5.41, 5.74) is 0.372. The van der Waals surface area contributed by atoms with Crippen molar-refractivity contribution in [3.8, 4) is 11.5 Å². The second-order valence-electron chi connectivity index (χ2n) is 2.71. The number of benzene rings is 1. The van der Waals surface area contributed by atoms with Crippen LogP contribution in [0, 0.1) is 4.91 Å². The Morgan fingerprint density at radius 1 is 1.50 bits per heavy atom. The van der Waals surface area contributed by atoms with Crippen molar-refractivity contribution in [2.24, 2.45) is 5.18 Å². The van der Waals surface area contributed by atoms with E-state index in [1.165, 1.54) is 7.11 Å². The molecule has 1 heterocycles. The fourth-order valence-electron chi connectivity index (χ4n) is 1.24. The summed E-state index contributed by atoms with van der Waals surface area (Å²) in [6.07, 6.45) is 0. The van der Waals surface area contributed by atoms with Crippen molar-refractivity contribution >= 4 is 16.9 Å². The summed E-state index contributed by atoms with van der Waals surface area (Å²) < 4.78 is 9.94. The summed E-state index contributed by atoms with van der Waals surface area (Å²) in [7, 11) is 1.52. The first kappa shape index (κ1) is 8.55. The van der Waals surface area contributed by atoms with Crippen LogP contribution in [0.25, 0.3) is 11.0 Å². The SMILES string of the molecule is COc1ccc2c(O)c(N=O)oc2c1. The molecule has 5 nitrogen and oxygen atoms in total. The predicted octanol–water partition coefficient (Wildman–Crippen LogP) is 2.54. The van der Waals surface area contributed by atoms with Crippen LogP contribution in [0.15, 0.2) is 27.8 Å². The molecule has 2 rings (SSSR count). The van der Waals surface area contributed by atoms with E-state index in [1.54, 1.807) is 18.2 Å². The molecule has 0 radical (unpaired) electrons. The number of rotatable bonds is 2. The normalized spacial score (nSPS) is 10.4. The zero-order chi connectivity index (χ0) is 10.1. The second-order valence-corrected chi connectivity index (χ2v) is 2.71. The second kappa shape index (κ2) is 3.02. The highest BCUT2D eigenvalue weighted by molar-refractivity contribution is 5.89. The highest BCUT2D eigenvalue weighted by Gasteiger charge is 2.13. The van der Waals surface area contributed by atoms with Gasteiger partial charge in [-0.15, -0.1) is 4.91 Å². The summed E-state index contributed by atoms with van der Waals surface area (Å²) in [4.78, 5) is 10.2. The standard InChI is InChI=1S/C9H7NO4/c1-13-5-2-3-6-7(4-5)14-9(10-12)8(6)11/h2-4,11H,1H3. The lowest BCUT2D eigenvalue weighted by molar-refractivity contribution is 0.414. The minimum atomic E-state index is -0.312. The molecule has 72 valence electrons. The van der Waals surface area contributed by atoms with E-state index in [4.69, 9.17) is 9.15 Å². The summed E-state index contributed by atoms with van der Waals surface area (Å²) in [5, 5.41) is 12.4. The average molecular weight is 193 g/mol. The van der Waals surface area contributed by atoms with E-state index in [0.29, 0.717) is 16.7 Å². The van der Waals surface area contributed by atoms with Crippen molar-refractivity contribution in [2.45, 2.75) is 0 Å². The fourth-order valence-corrected chi connectivity index (χ4v) is 1.24. The third kappa shape index (κ3) is 1.10. The number of hydrogen-bond donors (Lipinski definition) is 1. The van der Waals surface area contributed by atoms with Gasteiger partial charge in [-0.05, 0) is 12.1 Å². The number of nitroso groups, excluding NO2 is 1. The Hall–Kier alpha value is -2.04. The Balaban J connectivity index is 2.72. The van der Waals surface area contributed by atoms with Gasteiger partial charge in [-0.25, -0.2) is 0 Å². The maximum atomic E-state index is 10.2. The zero-order valence-electron chi connectivity index (χ0n) is 7.35. The quantitative estimate of drug-likeness (QED) is 0.744. The first-order valence-electron chi connectivity index (χ1n) is 3.89. The van der Waals surface area contributed by atoms with Gasteiger partial charge in [-0.3, -0.25) is 0 Å². The molecule has 0 bridgehead atoms. The molecule has 14 heavy (non-hydrogen) atoms.